The largest absolute Gasteiger partial charge is 0.497 e. The molecule has 1 heterocycles. The number of hydrogen-bond acceptors (Lipinski definition) is 3. The van der Waals surface area contributed by atoms with Crippen LogP contribution in [-0.2, 0) is 17.9 Å². The van der Waals surface area contributed by atoms with Crippen molar-refractivity contribution in [1.29, 1.82) is 0 Å². The predicted molar refractivity (Wildman–Crippen MR) is 107 cm³/mol. The molecule has 0 atom stereocenters. The lowest BCUT2D eigenvalue weighted by Crippen LogP contribution is -2.33. The molecule has 0 fully saturated rings. The summed E-state index contributed by atoms with van der Waals surface area (Å²) in [7, 11) is 3.29. The summed E-state index contributed by atoms with van der Waals surface area (Å²) < 4.78 is 12.4. The van der Waals surface area contributed by atoms with E-state index in [1.54, 1.807) is 25.2 Å². The first kappa shape index (κ1) is 18.6. The predicted octanol–water partition coefficient (Wildman–Crippen LogP) is 3.87. The summed E-state index contributed by atoms with van der Waals surface area (Å²) in [6.07, 6.45) is 3.68. The molecule has 0 aliphatic heterocycles. The molecule has 0 aliphatic rings. The average Bonchev–Trinajstić information content (AvgIpc) is 3.10. The molecule has 0 bridgehead atoms. The van der Waals surface area contributed by atoms with Gasteiger partial charge < -0.3 is 18.9 Å². The molecule has 0 saturated heterocycles. The van der Waals surface area contributed by atoms with E-state index in [1.165, 1.54) is 0 Å². The lowest BCUT2D eigenvalue weighted by atomic mass is 10.2. The minimum absolute atomic E-state index is 0.0408. The number of fused-ring (bicyclic) bond motifs is 1. The summed E-state index contributed by atoms with van der Waals surface area (Å²) in [6.45, 7) is 5.09. The number of benzene rings is 2. The van der Waals surface area contributed by atoms with Crippen molar-refractivity contribution in [3.63, 3.8) is 0 Å². The molecule has 0 N–H and O–H groups in total. The van der Waals surface area contributed by atoms with E-state index in [1.807, 2.05) is 59.3 Å². The van der Waals surface area contributed by atoms with Gasteiger partial charge in [-0.05, 0) is 42.0 Å². The highest BCUT2D eigenvalue weighted by Gasteiger charge is 2.15. The molecule has 5 heteroatoms. The highest BCUT2D eigenvalue weighted by molar-refractivity contribution is 5.84. The van der Waals surface area contributed by atoms with E-state index in [4.69, 9.17) is 9.47 Å². The molecular weight excluding hydrogens is 340 g/mol. The lowest BCUT2D eigenvalue weighted by molar-refractivity contribution is -0.131. The summed E-state index contributed by atoms with van der Waals surface area (Å²) in [5.74, 6) is 1.65. The minimum atomic E-state index is 0.0408. The molecular formula is C22H24N2O3. The fourth-order valence-electron chi connectivity index (χ4n) is 3.05. The van der Waals surface area contributed by atoms with Gasteiger partial charge in [0.15, 0.2) is 0 Å². The molecule has 1 aromatic heterocycles. The van der Waals surface area contributed by atoms with Gasteiger partial charge in [-0.1, -0.05) is 18.2 Å². The number of methoxy groups -OCH3 is 2. The highest BCUT2D eigenvalue weighted by Crippen LogP contribution is 2.22. The number of amides is 1. The van der Waals surface area contributed by atoms with Crippen LogP contribution in [0.2, 0.25) is 0 Å². The zero-order valence-corrected chi connectivity index (χ0v) is 15.7. The van der Waals surface area contributed by atoms with E-state index < -0.39 is 0 Å². The Morgan fingerprint density at radius 1 is 1.07 bits per heavy atom. The molecule has 0 aliphatic carbocycles. The highest BCUT2D eigenvalue weighted by atomic mass is 16.5. The number of hydrogen-bond donors (Lipinski definition) is 0. The summed E-state index contributed by atoms with van der Waals surface area (Å²) >= 11 is 0. The SMILES string of the molecule is C=CCN(Cc1ccc(OC)cc1)C(=O)Cn1ccc2cc(OC)ccc21. The van der Waals surface area contributed by atoms with Gasteiger partial charge in [0.1, 0.15) is 18.0 Å². The van der Waals surface area contributed by atoms with Crippen LogP contribution >= 0.6 is 0 Å². The normalized spacial score (nSPS) is 10.6. The van der Waals surface area contributed by atoms with Crippen LogP contribution in [0.25, 0.3) is 10.9 Å². The third-order valence-corrected chi connectivity index (χ3v) is 4.52. The van der Waals surface area contributed by atoms with Crippen molar-refractivity contribution in [2.75, 3.05) is 20.8 Å². The number of carbonyl (C=O) groups excluding carboxylic acids is 1. The third kappa shape index (κ3) is 4.31. The van der Waals surface area contributed by atoms with Gasteiger partial charge in [0, 0.05) is 30.2 Å². The second-order valence-electron chi connectivity index (χ2n) is 6.28. The maximum absolute atomic E-state index is 12.9. The van der Waals surface area contributed by atoms with E-state index >= 15 is 0 Å². The van der Waals surface area contributed by atoms with E-state index in [0.29, 0.717) is 13.1 Å². The van der Waals surface area contributed by atoms with E-state index in [-0.39, 0.29) is 12.5 Å². The molecule has 5 nitrogen and oxygen atoms in total. The van der Waals surface area contributed by atoms with Gasteiger partial charge in [-0.2, -0.15) is 0 Å². The van der Waals surface area contributed by atoms with Gasteiger partial charge >= 0.3 is 0 Å². The zero-order chi connectivity index (χ0) is 19.2. The van der Waals surface area contributed by atoms with E-state index in [2.05, 4.69) is 6.58 Å². The number of rotatable bonds is 8. The van der Waals surface area contributed by atoms with Crippen LogP contribution in [0.4, 0.5) is 0 Å². The molecule has 3 rings (SSSR count). The van der Waals surface area contributed by atoms with Gasteiger partial charge in [0.25, 0.3) is 0 Å². The molecule has 0 spiro atoms. The molecule has 140 valence electrons. The Morgan fingerprint density at radius 2 is 1.78 bits per heavy atom. The Kier molecular flexibility index (Phi) is 5.81. The zero-order valence-electron chi connectivity index (χ0n) is 15.7. The van der Waals surface area contributed by atoms with Crippen LogP contribution in [0.15, 0.2) is 67.4 Å². The van der Waals surface area contributed by atoms with Crippen molar-refractivity contribution >= 4 is 16.8 Å². The topological polar surface area (TPSA) is 43.7 Å². The average molecular weight is 364 g/mol. The van der Waals surface area contributed by atoms with E-state index in [9.17, 15) is 4.79 Å². The van der Waals surface area contributed by atoms with Gasteiger partial charge in [0.2, 0.25) is 5.91 Å². The Bertz CT molecular complexity index is 928. The Morgan fingerprint density at radius 3 is 2.44 bits per heavy atom. The van der Waals surface area contributed by atoms with Crippen LogP contribution < -0.4 is 9.47 Å². The molecule has 27 heavy (non-hydrogen) atoms. The fourth-order valence-corrected chi connectivity index (χ4v) is 3.05. The van der Waals surface area contributed by atoms with Crippen LogP contribution in [0.3, 0.4) is 0 Å². The fraction of sp³-hybridized carbons (Fsp3) is 0.227. The lowest BCUT2D eigenvalue weighted by Gasteiger charge is -2.22. The molecule has 0 unspecified atom stereocenters. The maximum atomic E-state index is 12.9. The van der Waals surface area contributed by atoms with Crippen LogP contribution in [0.5, 0.6) is 11.5 Å². The van der Waals surface area contributed by atoms with E-state index in [0.717, 1.165) is 28.0 Å². The third-order valence-electron chi connectivity index (χ3n) is 4.52. The standard InChI is InChI=1S/C22H24N2O3/c1-4-12-24(15-17-5-7-19(26-2)8-6-17)22(25)16-23-13-11-18-14-20(27-3)9-10-21(18)23/h4-11,13-14H,1,12,15-16H2,2-3H3. The summed E-state index contributed by atoms with van der Waals surface area (Å²) in [4.78, 5) is 14.7. The molecule has 0 saturated carbocycles. The van der Waals surface area contributed by atoms with Gasteiger partial charge in [-0.3, -0.25) is 4.79 Å². The second kappa shape index (κ2) is 8.45. The number of carbonyl (C=O) groups is 1. The quantitative estimate of drug-likeness (QED) is 0.570. The van der Waals surface area contributed by atoms with Gasteiger partial charge in [0.05, 0.1) is 14.2 Å². The molecule has 0 radical (unpaired) electrons. The Hall–Kier alpha value is -3.21. The molecule has 3 aromatic rings. The Labute approximate surface area is 159 Å². The molecule has 1 amide bonds. The minimum Gasteiger partial charge on any atom is -0.497 e. The second-order valence-corrected chi connectivity index (χ2v) is 6.28. The van der Waals surface area contributed by atoms with Gasteiger partial charge in [-0.25, -0.2) is 0 Å². The van der Waals surface area contributed by atoms with Crippen molar-refractivity contribution in [1.82, 2.24) is 9.47 Å². The first-order valence-corrected chi connectivity index (χ1v) is 8.79. The molecule has 2 aromatic carbocycles. The first-order chi connectivity index (χ1) is 13.1. The van der Waals surface area contributed by atoms with Crippen molar-refractivity contribution in [3.05, 3.63) is 72.9 Å². The number of ether oxygens (including phenoxy) is 2. The summed E-state index contributed by atoms with van der Waals surface area (Å²) in [6, 6.07) is 15.6. The maximum Gasteiger partial charge on any atom is 0.243 e. The van der Waals surface area contributed by atoms with Crippen molar-refractivity contribution < 1.29 is 14.3 Å². The smallest absolute Gasteiger partial charge is 0.243 e. The van der Waals surface area contributed by atoms with Crippen molar-refractivity contribution in [3.8, 4) is 11.5 Å². The first-order valence-electron chi connectivity index (χ1n) is 8.79. The number of aromatic nitrogens is 1. The van der Waals surface area contributed by atoms with Crippen molar-refractivity contribution in [2.45, 2.75) is 13.1 Å². The Balaban J connectivity index is 1.75. The van der Waals surface area contributed by atoms with Crippen molar-refractivity contribution in [2.24, 2.45) is 0 Å². The van der Waals surface area contributed by atoms with Crippen LogP contribution in [-0.4, -0.2) is 36.1 Å². The van der Waals surface area contributed by atoms with Gasteiger partial charge in [-0.15, -0.1) is 6.58 Å². The number of nitrogens with zero attached hydrogens (tertiary/aromatic N) is 2. The van der Waals surface area contributed by atoms with Crippen LogP contribution in [0, 0.1) is 0 Å². The monoisotopic (exact) mass is 364 g/mol. The summed E-state index contributed by atoms with van der Waals surface area (Å²) in [5.41, 5.74) is 2.06. The van der Waals surface area contributed by atoms with Crippen LogP contribution in [0.1, 0.15) is 5.56 Å². The summed E-state index contributed by atoms with van der Waals surface area (Å²) in [5, 5.41) is 1.05.